The SMILES string of the molecule is COC1(OC)CCC2=C3[C@@H](CC[C@@]2(O)C1)[C@@H]1CC[C@@](O)(COC(C)=O)[C@@]1(C)C[C@@H]3c1ccc(C=O)cc1. The van der Waals surface area contributed by atoms with Gasteiger partial charge in [-0.15, -0.1) is 0 Å². The van der Waals surface area contributed by atoms with Crippen molar-refractivity contribution in [3.8, 4) is 0 Å². The van der Waals surface area contributed by atoms with E-state index in [1.54, 1.807) is 14.2 Å². The maximum Gasteiger partial charge on any atom is 0.302 e. The maximum atomic E-state index is 12.1. The monoisotopic (exact) mass is 512 g/mol. The van der Waals surface area contributed by atoms with Crippen LogP contribution in [0.2, 0.25) is 0 Å². The highest BCUT2D eigenvalue weighted by molar-refractivity contribution is 5.74. The molecule has 0 radical (unpaired) electrons. The van der Waals surface area contributed by atoms with E-state index < -0.39 is 22.4 Å². The highest BCUT2D eigenvalue weighted by Crippen LogP contribution is 2.67. The lowest BCUT2D eigenvalue weighted by atomic mass is 9.49. The van der Waals surface area contributed by atoms with Gasteiger partial charge in [-0.3, -0.25) is 9.59 Å². The van der Waals surface area contributed by atoms with E-state index in [2.05, 4.69) is 6.92 Å². The van der Waals surface area contributed by atoms with Crippen molar-refractivity contribution in [2.45, 2.75) is 88.1 Å². The summed E-state index contributed by atoms with van der Waals surface area (Å²) in [4.78, 5) is 23.0. The van der Waals surface area contributed by atoms with Gasteiger partial charge in [-0.1, -0.05) is 36.8 Å². The first kappa shape index (κ1) is 26.5. The summed E-state index contributed by atoms with van der Waals surface area (Å²) < 4.78 is 16.9. The molecule has 6 atom stereocenters. The molecule has 37 heavy (non-hydrogen) atoms. The molecule has 0 aromatic heterocycles. The molecule has 4 aliphatic carbocycles. The average molecular weight is 513 g/mol. The van der Waals surface area contributed by atoms with Gasteiger partial charge in [0, 0.05) is 50.9 Å². The van der Waals surface area contributed by atoms with Crippen LogP contribution in [0.1, 0.15) is 87.1 Å². The number of carbonyl (C=O) groups is 2. The van der Waals surface area contributed by atoms with Crippen molar-refractivity contribution in [3.05, 3.63) is 46.5 Å². The van der Waals surface area contributed by atoms with E-state index >= 15 is 0 Å². The average Bonchev–Trinajstić information content (AvgIpc) is 3.16. The third-order valence-corrected chi connectivity index (χ3v) is 10.5. The highest BCUT2D eigenvalue weighted by atomic mass is 16.7. The maximum absolute atomic E-state index is 12.1. The predicted octanol–water partition coefficient (Wildman–Crippen LogP) is 4.31. The molecule has 7 heteroatoms. The summed E-state index contributed by atoms with van der Waals surface area (Å²) in [6.07, 6.45) is 6.15. The first-order valence-electron chi connectivity index (χ1n) is 13.5. The molecule has 0 saturated heterocycles. The largest absolute Gasteiger partial charge is 0.463 e. The second-order valence-electron chi connectivity index (χ2n) is 12.0. The minimum atomic E-state index is -1.11. The molecule has 0 heterocycles. The lowest BCUT2D eigenvalue weighted by molar-refractivity contribution is -0.246. The van der Waals surface area contributed by atoms with Gasteiger partial charge in [-0.05, 0) is 61.5 Å². The Labute approximate surface area is 219 Å². The Morgan fingerprint density at radius 3 is 2.41 bits per heavy atom. The van der Waals surface area contributed by atoms with Gasteiger partial charge in [0.15, 0.2) is 5.79 Å². The molecule has 0 unspecified atom stereocenters. The zero-order valence-electron chi connectivity index (χ0n) is 22.4. The van der Waals surface area contributed by atoms with Crippen LogP contribution in [-0.4, -0.2) is 60.3 Å². The quantitative estimate of drug-likeness (QED) is 0.253. The van der Waals surface area contributed by atoms with Crippen LogP contribution in [0.3, 0.4) is 0 Å². The third-order valence-electron chi connectivity index (χ3n) is 10.5. The Morgan fingerprint density at radius 1 is 1.08 bits per heavy atom. The van der Waals surface area contributed by atoms with Gasteiger partial charge in [-0.25, -0.2) is 0 Å². The van der Waals surface area contributed by atoms with Crippen LogP contribution in [0, 0.1) is 17.3 Å². The van der Waals surface area contributed by atoms with E-state index in [0.29, 0.717) is 44.1 Å². The number of allylic oxidation sites excluding steroid dienone is 1. The number of ether oxygens (including phenoxy) is 3. The molecule has 4 aliphatic rings. The summed E-state index contributed by atoms with van der Waals surface area (Å²) in [5, 5.41) is 24.0. The number of fused-ring (bicyclic) bond motifs is 4. The molecule has 0 bridgehead atoms. The van der Waals surface area contributed by atoms with Gasteiger partial charge in [0.2, 0.25) is 0 Å². The molecule has 5 rings (SSSR count). The number of esters is 1. The molecule has 2 N–H and O–H groups in total. The van der Waals surface area contributed by atoms with Crippen molar-refractivity contribution in [1.29, 1.82) is 0 Å². The molecular formula is C30H40O7. The van der Waals surface area contributed by atoms with Crippen LogP contribution in [-0.2, 0) is 19.0 Å². The minimum Gasteiger partial charge on any atom is -0.463 e. The molecule has 0 amide bonds. The molecule has 7 nitrogen and oxygen atoms in total. The second-order valence-corrected chi connectivity index (χ2v) is 12.0. The summed E-state index contributed by atoms with van der Waals surface area (Å²) in [6, 6.07) is 7.70. The van der Waals surface area contributed by atoms with Crippen LogP contribution in [0.25, 0.3) is 0 Å². The molecule has 0 spiro atoms. The Morgan fingerprint density at radius 2 is 1.78 bits per heavy atom. The van der Waals surface area contributed by atoms with Gasteiger partial charge in [0.25, 0.3) is 0 Å². The number of carbonyl (C=O) groups excluding carboxylic acids is 2. The minimum absolute atomic E-state index is 0.00110. The molecule has 3 fully saturated rings. The zero-order valence-corrected chi connectivity index (χ0v) is 22.4. The van der Waals surface area contributed by atoms with Gasteiger partial charge < -0.3 is 24.4 Å². The first-order valence-corrected chi connectivity index (χ1v) is 13.5. The number of aldehydes is 1. The smallest absolute Gasteiger partial charge is 0.302 e. The predicted molar refractivity (Wildman–Crippen MR) is 137 cm³/mol. The molecular weight excluding hydrogens is 472 g/mol. The second kappa shape index (κ2) is 9.30. The summed E-state index contributed by atoms with van der Waals surface area (Å²) in [6.45, 7) is 3.54. The van der Waals surface area contributed by atoms with Gasteiger partial charge in [0.05, 0.1) is 5.60 Å². The number of aliphatic hydroxyl groups is 2. The molecule has 1 aromatic rings. The lowest BCUT2D eigenvalue weighted by Crippen LogP contribution is -2.57. The van der Waals surface area contributed by atoms with Gasteiger partial charge >= 0.3 is 5.97 Å². The fourth-order valence-corrected chi connectivity index (χ4v) is 8.36. The van der Waals surface area contributed by atoms with Gasteiger partial charge in [-0.2, -0.15) is 0 Å². The van der Waals surface area contributed by atoms with Crippen molar-refractivity contribution < 1.29 is 34.0 Å². The van der Waals surface area contributed by atoms with Crippen LogP contribution in [0.4, 0.5) is 0 Å². The molecule has 202 valence electrons. The number of methoxy groups -OCH3 is 2. The Hall–Kier alpha value is -2.06. The summed E-state index contributed by atoms with van der Waals surface area (Å²) in [5.74, 6) is -0.762. The van der Waals surface area contributed by atoms with Gasteiger partial charge in [0.1, 0.15) is 18.5 Å². The van der Waals surface area contributed by atoms with E-state index in [9.17, 15) is 19.8 Å². The Balaban J connectivity index is 1.62. The van der Waals surface area contributed by atoms with E-state index in [0.717, 1.165) is 30.3 Å². The molecule has 0 aliphatic heterocycles. The van der Waals surface area contributed by atoms with E-state index in [1.807, 2.05) is 24.3 Å². The summed E-state index contributed by atoms with van der Waals surface area (Å²) in [7, 11) is 3.28. The fraction of sp³-hybridized carbons (Fsp3) is 0.667. The van der Waals surface area contributed by atoms with E-state index in [4.69, 9.17) is 14.2 Å². The zero-order chi connectivity index (χ0) is 26.6. The molecule has 1 aromatic carbocycles. The van der Waals surface area contributed by atoms with Crippen LogP contribution in [0.5, 0.6) is 0 Å². The highest BCUT2D eigenvalue weighted by Gasteiger charge is 2.65. The first-order chi connectivity index (χ1) is 17.5. The van der Waals surface area contributed by atoms with Crippen LogP contribution < -0.4 is 0 Å². The van der Waals surface area contributed by atoms with Crippen molar-refractivity contribution in [3.63, 3.8) is 0 Å². The normalized spacial score (nSPS) is 38.4. The van der Waals surface area contributed by atoms with Crippen molar-refractivity contribution >= 4 is 12.3 Å². The van der Waals surface area contributed by atoms with Crippen molar-refractivity contribution in [2.75, 3.05) is 20.8 Å². The lowest BCUT2D eigenvalue weighted by Gasteiger charge is -2.57. The number of hydrogen-bond donors (Lipinski definition) is 2. The van der Waals surface area contributed by atoms with Crippen LogP contribution >= 0.6 is 0 Å². The Kier molecular flexibility index (Phi) is 6.67. The molecule has 3 saturated carbocycles. The van der Waals surface area contributed by atoms with Crippen molar-refractivity contribution in [2.24, 2.45) is 17.3 Å². The van der Waals surface area contributed by atoms with Crippen LogP contribution in [0.15, 0.2) is 35.4 Å². The third kappa shape index (κ3) is 4.10. The fourth-order valence-electron chi connectivity index (χ4n) is 8.36. The Bertz CT molecular complexity index is 1090. The van der Waals surface area contributed by atoms with Crippen molar-refractivity contribution in [1.82, 2.24) is 0 Å². The number of rotatable bonds is 6. The number of hydrogen-bond acceptors (Lipinski definition) is 7. The topological polar surface area (TPSA) is 102 Å². The standard InChI is InChI=1S/C30H40O7/c1-19(32)37-18-29(34)13-10-24-22-9-12-28(33)17-30(35-3,36-4)14-11-25(28)26(22)23(15-27(24,29)2)21-7-5-20(16-31)6-8-21/h5-8,16,22-24,33-34H,9-15,17-18H2,1-4H3/t22-,23+,24-,27-,28+,29+/m0/s1. The number of benzene rings is 1. The summed E-state index contributed by atoms with van der Waals surface area (Å²) in [5.41, 5.74) is 1.53. The summed E-state index contributed by atoms with van der Waals surface area (Å²) >= 11 is 0. The van der Waals surface area contributed by atoms with E-state index in [-0.39, 0.29) is 30.3 Å². The van der Waals surface area contributed by atoms with E-state index in [1.165, 1.54) is 12.5 Å².